The van der Waals surface area contributed by atoms with Crippen molar-refractivity contribution >= 4 is 10.8 Å². The van der Waals surface area contributed by atoms with Crippen LogP contribution >= 0.6 is 0 Å². The number of rotatable bonds is 6. The predicted octanol–water partition coefficient (Wildman–Crippen LogP) is 3.97. The summed E-state index contributed by atoms with van der Waals surface area (Å²) in [5.41, 5.74) is 0. The molecule has 0 fully saturated rings. The summed E-state index contributed by atoms with van der Waals surface area (Å²) >= 11 is 0. The standard InChI is InChI=1S/C16H16O2/c1-3-9-17-15-7-5-13-6-8-16(18-10-4-2)12-14(13)11-15/h3-8,11-12H,1-2,9-10H2. The maximum atomic E-state index is 5.51. The van der Waals surface area contributed by atoms with Gasteiger partial charge in [0.05, 0.1) is 0 Å². The van der Waals surface area contributed by atoms with E-state index in [1.54, 1.807) is 12.2 Å². The van der Waals surface area contributed by atoms with Gasteiger partial charge in [0.1, 0.15) is 24.7 Å². The Bertz CT molecular complexity index is 511. The molecule has 2 heteroatoms. The highest BCUT2D eigenvalue weighted by Gasteiger charge is 1.99. The summed E-state index contributed by atoms with van der Waals surface area (Å²) in [6.45, 7) is 8.29. The number of ether oxygens (including phenoxy) is 2. The van der Waals surface area contributed by atoms with E-state index in [2.05, 4.69) is 13.2 Å². The van der Waals surface area contributed by atoms with Gasteiger partial charge in [-0.1, -0.05) is 37.4 Å². The highest BCUT2D eigenvalue weighted by Crippen LogP contribution is 2.25. The van der Waals surface area contributed by atoms with Crippen molar-refractivity contribution in [2.75, 3.05) is 13.2 Å². The summed E-state index contributed by atoms with van der Waals surface area (Å²) in [5.74, 6) is 1.67. The second kappa shape index (κ2) is 5.92. The van der Waals surface area contributed by atoms with E-state index < -0.39 is 0 Å². The lowest BCUT2D eigenvalue weighted by Gasteiger charge is -2.07. The van der Waals surface area contributed by atoms with Crippen LogP contribution in [0.4, 0.5) is 0 Å². The van der Waals surface area contributed by atoms with E-state index in [1.165, 1.54) is 0 Å². The second-order valence-electron chi connectivity index (χ2n) is 3.87. The first-order valence-electron chi connectivity index (χ1n) is 5.84. The third kappa shape index (κ3) is 2.92. The Morgan fingerprint density at radius 3 is 1.72 bits per heavy atom. The molecule has 0 aliphatic carbocycles. The van der Waals surface area contributed by atoms with Crippen molar-refractivity contribution in [2.45, 2.75) is 0 Å². The SMILES string of the molecule is C=CCOc1ccc2ccc(OCC=C)cc2c1. The molecule has 2 aromatic rings. The highest BCUT2D eigenvalue weighted by atomic mass is 16.5. The predicted molar refractivity (Wildman–Crippen MR) is 75.3 cm³/mol. The zero-order chi connectivity index (χ0) is 12.8. The Morgan fingerprint density at radius 2 is 1.28 bits per heavy atom. The van der Waals surface area contributed by atoms with Crippen LogP contribution in [0.5, 0.6) is 11.5 Å². The molecular weight excluding hydrogens is 224 g/mol. The quantitative estimate of drug-likeness (QED) is 0.711. The monoisotopic (exact) mass is 240 g/mol. The molecule has 0 atom stereocenters. The number of hydrogen-bond donors (Lipinski definition) is 0. The first-order chi connectivity index (χ1) is 8.83. The van der Waals surface area contributed by atoms with Gasteiger partial charge in [0, 0.05) is 0 Å². The van der Waals surface area contributed by atoms with Crippen LogP contribution in [0, 0.1) is 0 Å². The molecule has 92 valence electrons. The Hall–Kier alpha value is -2.22. The average molecular weight is 240 g/mol. The molecule has 0 N–H and O–H groups in total. The molecule has 0 unspecified atom stereocenters. The van der Waals surface area contributed by atoms with Crippen molar-refractivity contribution in [3.63, 3.8) is 0 Å². The first-order valence-corrected chi connectivity index (χ1v) is 5.84. The van der Waals surface area contributed by atoms with Crippen molar-refractivity contribution in [3.05, 3.63) is 61.7 Å². The summed E-state index contributed by atoms with van der Waals surface area (Å²) in [6.07, 6.45) is 3.46. The summed E-state index contributed by atoms with van der Waals surface area (Å²) in [6, 6.07) is 12.0. The number of benzene rings is 2. The van der Waals surface area contributed by atoms with E-state index in [0.717, 1.165) is 22.3 Å². The van der Waals surface area contributed by atoms with Gasteiger partial charge in [-0.15, -0.1) is 0 Å². The molecule has 0 amide bonds. The Morgan fingerprint density at radius 1 is 0.778 bits per heavy atom. The average Bonchev–Trinajstić information content (AvgIpc) is 2.42. The van der Waals surface area contributed by atoms with Gasteiger partial charge in [-0.2, -0.15) is 0 Å². The van der Waals surface area contributed by atoms with Gasteiger partial charge in [0.15, 0.2) is 0 Å². The lowest BCUT2D eigenvalue weighted by Crippen LogP contribution is -1.93. The van der Waals surface area contributed by atoms with Crippen LogP contribution in [0.15, 0.2) is 61.7 Å². The third-order valence-corrected chi connectivity index (χ3v) is 2.52. The van der Waals surface area contributed by atoms with Gasteiger partial charge in [0.25, 0.3) is 0 Å². The fraction of sp³-hybridized carbons (Fsp3) is 0.125. The molecule has 0 aliphatic heterocycles. The molecule has 2 nitrogen and oxygen atoms in total. The molecule has 2 rings (SSSR count). The van der Waals surface area contributed by atoms with Gasteiger partial charge >= 0.3 is 0 Å². The van der Waals surface area contributed by atoms with E-state index in [0.29, 0.717) is 13.2 Å². The van der Waals surface area contributed by atoms with Crippen LogP contribution in [-0.2, 0) is 0 Å². The second-order valence-corrected chi connectivity index (χ2v) is 3.87. The summed E-state index contributed by atoms with van der Waals surface area (Å²) in [4.78, 5) is 0. The van der Waals surface area contributed by atoms with E-state index in [4.69, 9.17) is 9.47 Å². The van der Waals surface area contributed by atoms with E-state index in [9.17, 15) is 0 Å². The minimum atomic E-state index is 0.512. The zero-order valence-corrected chi connectivity index (χ0v) is 10.3. The summed E-state index contributed by atoms with van der Waals surface area (Å²) in [7, 11) is 0. The molecule has 0 spiro atoms. The maximum absolute atomic E-state index is 5.51. The maximum Gasteiger partial charge on any atom is 0.120 e. The molecule has 0 heterocycles. The fourth-order valence-corrected chi connectivity index (χ4v) is 1.69. The summed E-state index contributed by atoms with van der Waals surface area (Å²) < 4.78 is 11.0. The first kappa shape index (κ1) is 12.2. The van der Waals surface area contributed by atoms with Crippen LogP contribution in [0.2, 0.25) is 0 Å². The van der Waals surface area contributed by atoms with Gasteiger partial charge in [-0.05, 0) is 35.0 Å². The molecular formula is C16H16O2. The Kier molecular flexibility index (Phi) is 4.02. The molecule has 18 heavy (non-hydrogen) atoms. The molecule has 0 bridgehead atoms. The normalized spacial score (nSPS) is 10.0. The number of hydrogen-bond acceptors (Lipinski definition) is 2. The fourth-order valence-electron chi connectivity index (χ4n) is 1.69. The number of fused-ring (bicyclic) bond motifs is 1. The molecule has 2 aromatic carbocycles. The Labute approximate surface area is 107 Å². The van der Waals surface area contributed by atoms with Crippen LogP contribution in [0.1, 0.15) is 0 Å². The largest absolute Gasteiger partial charge is 0.490 e. The molecule has 0 aromatic heterocycles. The van der Waals surface area contributed by atoms with Crippen molar-refractivity contribution in [1.29, 1.82) is 0 Å². The lowest BCUT2D eigenvalue weighted by atomic mass is 10.1. The lowest BCUT2D eigenvalue weighted by molar-refractivity contribution is 0.362. The van der Waals surface area contributed by atoms with Crippen molar-refractivity contribution in [2.24, 2.45) is 0 Å². The highest BCUT2D eigenvalue weighted by molar-refractivity contribution is 5.85. The van der Waals surface area contributed by atoms with Crippen LogP contribution in [-0.4, -0.2) is 13.2 Å². The topological polar surface area (TPSA) is 18.5 Å². The van der Waals surface area contributed by atoms with Crippen LogP contribution < -0.4 is 9.47 Å². The minimum Gasteiger partial charge on any atom is -0.490 e. The molecule has 0 radical (unpaired) electrons. The van der Waals surface area contributed by atoms with Crippen molar-refractivity contribution in [1.82, 2.24) is 0 Å². The smallest absolute Gasteiger partial charge is 0.120 e. The van der Waals surface area contributed by atoms with Crippen LogP contribution in [0.25, 0.3) is 10.8 Å². The van der Waals surface area contributed by atoms with Crippen molar-refractivity contribution < 1.29 is 9.47 Å². The van der Waals surface area contributed by atoms with E-state index in [1.807, 2.05) is 36.4 Å². The van der Waals surface area contributed by atoms with Crippen LogP contribution in [0.3, 0.4) is 0 Å². The van der Waals surface area contributed by atoms with Crippen molar-refractivity contribution in [3.8, 4) is 11.5 Å². The van der Waals surface area contributed by atoms with Gasteiger partial charge in [-0.3, -0.25) is 0 Å². The van der Waals surface area contributed by atoms with Gasteiger partial charge in [0.2, 0.25) is 0 Å². The third-order valence-electron chi connectivity index (χ3n) is 2.52. The van der Waals surface area contributed by atoms with E-state index >= 15 is 0 Å². The molecule has 0 saturated heterocycles. The van der Waals surface area contributed by atoms with Gasteiger partial charge in [-0.25, -0.2) is 0 Å². The zero-order valence-electron chi connectivity index (χ0n) is 10.3. The molecule has 0 aliphatic rings. The Balaban J connectivity index is 2.27. The van der Waals surface area contributed by atoms with E-state index in [-0.39, 0.29) is 0 Å². The van der Waals surface area contributed by atoms with Gasteiger partial charge < -0.3 is 9.47 Å². The summed E-state index contributed by atoms with van der Waals surface area (Å²) in [5, 5.41) is 2.25. The minimum absolute atomic E-state index is 0.512. The molecule has 0 saturated carbocycles.